The van der Waals surface area contributed by atoms with Crippen LogP contribution in [0.4, 0.5) is 0 Å². The van der Waals surface area contributed by atoms with Gasteiger partial charge in [0.25, 0.3) is 0 Å². The predicted molar refractivity (Wildman–Crippen MR) is 101 cm³/mol. The summed E-state index contributed by atoms with van der Waals surface area (Å²) in [6.07, 6.45) is 0. The minimum atomic E-state index is -1.25. The third-order valence-electron chi connectivity index (χ3n) is 4.54. The first-order chi connectivity index (χ1) is 12.6. The Bertz CT molecular complexity index is 1190. The molecule has 0 saturated heterocycles. The zero-order valence-corrected chi connectivity index (χ0v) is 13.6. The molecule has 0 fully saturated rings. The van der Waals surface area contributed by atoms with Crippen LogP contribution in [-0.4, -0.2) is 22.2 Å². The van der Waals surface area contributed by atoms with Crippen LogP contribution in [0.5, 0.6) is 0 Å². The highest BCUT2D eigenvalue weighted by Gasteiger charge is 2.24. The van der Waals surface area contributed by atoms with E-state index in [1.165, 1.54) is 0 Å². The van der Waals surface area contributed by atoms with E-state index in [9.17, 15) is 19.8 Å². The van der Waals surface area contributed by atoms with E-state index in [1.807, 2.05) is 42.5 Å². The van der Waals surface area contributed by atoms with Gasteiger partial charge in [-0.2, -0.15) is 0 Å². The van der Waals surface area contributed by atoms with Crippen LogP contribution in [0.3, 0.4) is 0 Å². The van der Waals surface area contributed by atoms with Gasteiger partial charge in [0.05, 0.1) is 11.1 Å². The van der Waals surface area contributed by atoms with E-state index in [-0.39, 0.29) is 11.1 Å². The molecule has 0 amide bonds. The van der Waals surface area contributed by atoms with Crippen molar-refractivity contribution in [1.29, 1.82) is 0 Å². The Kier molecular flexibility index (Phi) is 3.66. The summed E-state index contributed by atoms with van der Waals surface area (Å²) in [5.41, 5.74) is 0.707. The largest absolute Gasteiger partial charge is 0.478 e. The van der Waals surface area contributed by atoms with Gasteiger partial charge in [0.1, 0.15) is 0 Å². The minimum absolute atomic E-state index is 0.182. The van der Waals surface area contributed by atoms with Crippen LogP contribution >= 0.6 is 0 Å². The molecule has 0 unspecified atom stereocenters. The lowest BCUT2D eigenvalue weighted by atomic mass is 9.89. The van der Waals surface area contributed by atoms with Gasteiger partial charge >= 0.3 is 11.9 Å². The maximum absolute atomic E-state index is 12.0. The van der Waals surface area contributed by atoms with Crippen molar-refractivity contribution < 1.29 is 19.8 Å². The lowest BCUT2D eigenvalue weighted by Crippen LogP contribution is -2.11. The van der Waals surface area contributed by atoms with Crippen molar-refractivity contribution in [1.82, 2.24) is 0 Å². The van der Waals surface area contributed by atoms with Crippen molar-refractivity contribution in [2.75, 3.05) is 0 Å². The molecule has 0 saturated carbocycles. The molecule has 0 aliphatic rings. The fourth-order valence-corrected chi connectivity index (χ4v) is 3.38. The molecule has 0 bridgehead atoms. The zero-order chi connectivity index (χ0) is 18.3. The average molecular weight is 342 g/mol. The molecule has 2 N–H and O–H groups in total. The Morgan fingerprint density at radius 2 is 1.23 bits per heavy atom. The number of hydrogen-bond donors (Lipinski definition) is 2. The molecule has 0 aromatic heterocycles. The highest BCUT2D eigenvalue weighted by Crippen LogP contribution is 2.34. The zero-order valence-electron chi connectivity index (χ0n) is 13.6. The highest BCUT2D eigenvalue weighted by molar-refractivity contribution is 6.16. The Labute approximate surface area is 148 Å². The van der Waals surface area contributed by atoms with Gasteiger partial charge in [0.2, 0.25) is 0 Å². The van der Waals surface area contributed by atoms with Crippen LogP contribution in [0.15, 0.2) is 72.8 Å². The third-order valence-corrected chi connectivity index (χ3v) is 4.54. The van der Waals surface area contributed by atoms with Gasteiger partial charge in [-0.05, 0) is 44.8 Å². The number of rotatable bonds is 3. The monoisotopic (exact) mass is 342 g/mol. The van der Waals surface area contributed by atoms with Crippen molar-refractivity contribution in [2.24, 2.45) is 0 Å². The van der Waals surface area contributed by atoms with Crippen LogP contribution in [-0.2, 0) is 0 Å². The molecule has 4 heteroatoms. The van der Waals surface area contributed by atoms with Crippen LogP contribution in [0.2, 0.25) is 0 Å². The van der Waals surface area contributed by atoms with Crippen molar-refractivity contribution >= 4 is 33.5 Å². The van der Waals surface area contributed by atoms with Gasteiger partial charge in [-0.15, -0.1) is 0 Å². The van der Waals surface area contributed by atoms with Crippen molar-refractivity contribution in [3.8, 4) is 11.1 Å². The molecule has 0 aliphatic heterocycles. The first-order valence-corrected chi connectivity index (χ1v) is 8.08. The normalized spacial score (nSPS) is 10.9. The fourth-order valence-electron chi connectivity index (χ4n) is 3.38. The van der Waals surface area contributed by atoms with E-state index in [4.69, 9.17) is 0 Å². The predicted octanol–water partition coefficient (Wildman–Crippen LogP) is 5.06. The molecular weight excluding hydrogens is 328 g/mol. The Balaban J connectivity index is 2.12. The maximum Gasteiger partial charge on any atom is 0.337 e. The van der Waals surface area contributed by atoms with Gasteiger partial charge in [-0.3, -0.25) is 0 Å². The summed E-state index contributed by atoms with van der Waals surface area (Å²) in [6, 6.07) is 22.1. The quantitative estimate of drug-likeness (QED) is 0.546. The summed E-state index contributed by atoms with van der Waals surface area (Å²) < 4.78 is 0. The number of carboxylic acid groups (broad SMARTS) is 2. The summed E-state index contributed by atoms with van der Waals surface area (Å²) in [6.45, 7) is 0. The van der Waals surface area contributed by atoms with E-state index < -0.39 is 11.9 Å². The number of benzene rings is 4. The van der Waals surface area contributed by atoms with Crippen molar-refractivity contribution in [2.45, 2.75) is 0 Å². The molecule has 26 heavy (non-hydrogen) atoms. The molecule has 0 heterocycles. The summed E-state index contributed by atoms with van der Waals surface area (Å²) in [5.74, 6) is -2.50. The summed E-state index contributed by atoms with van der Waals surface area (Å²) in [5, 5.41) is 22.6. The van der Waals surface area contributed by atoms with E-state index >= 15 is 0 Å². The molecule has 0 radical (unpaired) electrons. The lowest BCUT2D eigenvalue weighted by molar-refractivity contribution is 0.0654. The van der Waals surface area contributed by atoms with E-state index in [2.05, 4.69) is 0 Å². The maximum atomic E-state index is 12.0. The lowest BCUT2D eigenvalue weighted by Gasteiger charge is -2.14. The minimum Gasteiger partial charge on any atom is -0.478 e. The molecule has 126 valence electrons. The first kappa shape index (κ1) is 15.8. The molecule has 4 aromatic carbocycles. The van der Waals surface area contributed by atoms with Gasteiger partial charge in [-0.25, -0.2) is 9.59 Å². The Morgan fingerprint density at radius 3 is 1.92 bits per heavy atom. The Morgan fingerprint density at radius 1 is 0.615 bits per heavy atom. The topological polar surface area (TPSA) is 74.6 Å². The molecule has 4 nitrogen and oxygen atoms in total. The number of carbonyl (C=O) groups is 2. The summed E-state index contributed by atoms with van der Waals surface area (Å²) in [4.78, 5) is 23.8. The molecule has 4 rings (SSSR count). The first-order valence-electron chi connectivity index (χ1n) is 8.08. The van der Waals surface area contributed by atoms with Gasteiger partial charge in [-0.1, -0.05) is 60.7 Å². The number of aromatic carboxylic acids is 2. The second-order valence-corrected chi connectivity index (χ2v) is 6.07. The molecule has 0 atom stereocenters. The molecule has 0 aliphatic carbocycles. The standard InChI is InChI=1S/C22H14O4/c23-21(24)19-17-8-4-3-7-15(17)12-18(20(19)22(25)26)16-10-9-13-5-1-2-6-14(13)11-16/h1-12H,(H,23,24)(H,25,26). The van der Waals surface area contributed by atoms with Crippen LogP contribution in [0.1, 0.15) is 20.7 Å². The van der Waals surface area contributed by atoms with Gasteiger partial charge in [0, 0.05) is 0 Å². The van der Waals surface area contributed by atoms with Crippen molar-refractivity contribution in [3.05, 3.63) is 83.9 Å². The fraction of sp³-hybridized carbons (Fsp3) is 0. The third kappa shape index (κ3) is 2.48. The molecule has 4 aromatic rings. The SMILES string of the molecule is O=C(O)c1c(-c2ccc3ccccc3c2)cc2ccccc2c1C(=O)O. The second kappa shape index (κ2) is 6.01. The van der Waals surface area contributed by atoms with E-state index in [1.54, 1.807) is 30.3 Å². The molecule has 0 spiro atoms. The number of fused-ring (bicyclic) bond motifs is 2. The van der Waals surface area contributed by atoms with Crippen LogP contribution < -0.4 is 0 Å². The van der Waals surface area contributed by atoms with Crippen molar-refractivity contribution in [3.63, 3.8) is 0 Å². The van der Waals surface area contributed by atoms with Crippen LogP contribution in [0.25, 0.3) is 32.7 Å². The summed E-state index contributed by atoms with van der Waals surface area (Å²) >= 11 is 0. The van der Waals surface area contributed by atoms with Crippen LogP contribution in [0, 0.1) is 0 Å². The number of carboxylic acids is 2. The average Bonchev–Trinajstić information content (AvgIpc) is 2.65. The number of hydrogen-bond acceptors (Lipinski definition) is 2. The van der Waals surface area contributed by atoms with Gasteiger partial charge < -0.3 is 10.2 Å². The van der Waals surface area contributed by atoms with E-state index in [0.717, 1.165) is 10.8 Å². The second-order valence-electron chi connectivity index (χ2n) is 6.07. The smallest absolute Gasteiger partial charge is 0.337 e. The summed E-state index contributed by atoms with van der Waals surface area (Å²) in [7, 11) is 0. The highest BCUT2D eigenvalue weighted by atomic mass is 16.4. The van der Waals surface area contributed by atoms with Gasteiger partial charge in [0.15, 0.2) is 0 Å². The Hall–Kier alpha value is -3.66. The van der Waals surface area contributed by atoms with E-state index in [0.29, 0.717) is 21.9 Å². The molecular formula is C22H14O4.